The molecule has 1 saturated heterocycles. The third kappa shape index (κ3) is 3.62. The fourth-order valence-corrected chi connectivity index (χ4v) is 4.13. The van der Waals surface area contributed by atoms with Crippen LogP contribution in [0.4, 0.5) is 11.5 Å². The second kappa shape index (κ2) is 7.92. The van der Waals surface area contributed by atoms with Crippen LogP contribution in [-0.2, 0) is 4.79 Å². The van der Waals surface area contributed by atoms with Gasteiger partial charge in [0.15, 0.2) is 5.65 Å². The molecule has 2 N–H and O–H groups in total. The average Bonchev–Trinajstić information content (AvgIpc) is 3.36. The maximum absolute atomic E-state index is 12.2. The van der Waals surface area contributed by atoms with E-state index in [9.17, 15) is 4.79 Å². The zero-order chi connectivity index (χ0) is 22.2. The monoisotopic (exact) mass is 424 g/mol. The molecule has 1 aliphatic heterocycles. The molecular formula is C25H24N6O. The number of rotatable bonds is 5. The molecule has 32 heavy (non-hydrogen) atoms. The SMILES string of the molecule is Cc1cc(N2CC(=N)CC2=O)ccc1-c1cnc2ccc(N[C@H](C)c3ccccc3)nn12. The van der Waals surface area contributed by atoms with E-state index < -0.39 is 0 Å². The number of amides is 1. The van der Waals surface area contributed by atoms with Crippen LogP contribution in [0.15, 0.2) is 66.9 Å². The van der Waals surface area contributed by atoms with Gasteiger partial charge in [0.05, 0.1) is 24.9 Å². The lowest BCUT2D eigenvalue weighted by Gasteiger charge is -2.17. The molecule has 3 heterocycles. The van der Waals surface area contributed by atoms with Gasteiger partial charge in [0, 0.05) is 23.0 Å². The second-order valence-electron chi connectivity index (χ2n) is 8.17. The minimum atomic E-state index is -0.0260. The number of aromatic nitrogens is 3. The first kappa shape index (κ1) is 19.9. The number of carbonyl (C=O) groups is 1. The third-order valence-corrected chi connectivity index (χ3v) is 5.84. The molecule has 1 amide bonds. The largest absolute Gasteiger partial charge is 0.362 e. The van der Waals surface area contributed by atoms with E-state index >= 15 is 0 Å². The van der Waals surface area contributed by atoms with Crippen molar-refractivity contribution >= 4 is 28.8 Å². The van der Waals surface area contributed by atoms with Crippen molar-refractivity contribution in [1.82, 2.24) is 14.6 Å². The van der Waals surface area contributed by atoms with Gasteiger partial charge in [0.25, 0.3) is 0 Å². The number of carbonyl (C=O) groups excluding carboxylic acids is 1. The molecule has 160 valence electrons. The number of hydrogen-bond acceptors (Lipinski definition) is 5. The van der Waals surface area contributed by atoms with E-state index in [0.29, 0.717) is 12.3 Å². The minimum Gasteiger partial charge on any atom is -0.362 e. The lowest BCUT2D eigenvalue weighted by atomic mass is 10.0. The van der Waals surface area contributed by atoms with Gasteiger partial charge in [-0.2, -0.15) is 0 Å². The summed E-state index contributed by atoms with van der Waals surface area (Å²) in [6.45, 7) is 4.49. The molecule has 0 spiro atoms. The Morgan fingerprint density at radius 1 is 1.09 bits per heavy atom. The predicted molar refractivity (Wildman–Crippen MR) is 126 cm³/mol. The van der Waals surface area contributed by atoms with Crippen molar-refractivity contribution in [1.29, 1.82) is 5.41 Å². The van der Waals surface area contributed by atoms with Crippen LogP contribution < -0.4 is 10.2 Å². The summed E-state index contributed by atoms with van der Waals surface area (Å²) in [7, 11) is 0. The number of benzene rings is 2. The number of anilines is 2. The molecule has 1 aliphatic rings. The number of imidazole rings is 1. The van der Waals surface area contributed by atoms with E-state index in [4.69, 9.17) is 10.5 Å². The Hall–Kier alpha value is -4.00. The Morgan fingerprint density at radius 2 is 1.91 bits per heavy atom. The number of nitrogens with zero attached hydrogens (tertiary/aromatic N) is 4. The van der Waals surface area contributed by atoms with Crippen LogP contribution in [0.25, 0.3) is 16.9 Å². The van der Waals surface area contributed by atoms with Gasteiger partial charge in [-0.05, 0) is 49.2 Å². The van der Waals surface area contributed by atoms with E-state index in [-0.39, 0.29) is 18.4 Å². The van der Waals surface area contributed by atoms with Gasteiger partial charge >= 0.3 is 0 Å². The molecule has 0 aliphatic carbocycles. The van der Waals surface area contributed by atoms with E-state index in [1.54, 1.807) is 4.90 Å². The smallest absolute Gasteiger partial charge is 0.233 e. The van der Waals surface area contributed by atoms with E-state index in [2.05, 4.69) is 29.4 Å². The number of hydrogen-bond donors (Lipinski definition) is 2. The zero-order valence-corrected chi connectivity index (χ0v) is 18.0. The van der Waals surface area contributed by atoms with Crippen LogP contribution in [-0.4, -0.2) is 32.8 Å². The molecule has 1 fully saturated rings. The Balaban J connectivity index is 1.46. The molecule has 0 radical (unpaired) electrons. The Morgan fingerprint density at radius 3 is 2.62 bits per heavy atom. The fraction of sp³-hybridized carbons (Fsp3) is 0.200. The van der Waals surface area contributed by atoms with Crippen molar-refractivity contribution < 1.29 is 4.79 Å². The average molecular weight is 425 g/mol. The third-order valence-electron chi connectivity index (χ3n) is 5.84. The standard InChI is InChI=1S/C25H24N6O/c1-16-12-20(30-15-19(26)13-25(30)32)8-9-21(16)22-14-27-24-11-10-23(29-31(22)24)28-17(2)18-6-4-3-5-7-18/h3-12,14,17,26H,13,15H2,1-2H3,(H,28,29)/t17-/m1/s1. The van der Waals surface area contributed by atoms with Crippen LogP contribution in [0, 0.1) is 12.3 Å². The highest BCUT2D eigenvalue weighted by atomic mass is 16.2. The summed E-state index contributed by atoms with van der Waals surface area (Å²) in [5, 5.41) is 16.0. The molecule has 7 nitrogen and oxygen atoms in total. The summed E-state index contributed by atoms with van der Waals surface area (Å²) in [5.74, 6) is 0.741. The molecule has 5 rings (SSSR count). The maximum Gasteiger partial charge on any atom is 0.233 e. The Kier molecular flexibility index (Phi) is 4.93. The van der Waals surface area contributed by atoms with Gasteiger partial charge in [-0.1, -0.05) is 36.4 Å². The first-order valence-electron chi connectivity index (χ1n) is 10.6. The highest BCUT2D eigenvalue weighted by Crippen LogP contribution is 2.30. The summed E-state index contributed by atoms with van der Waals surface area (Å²) >= 11 is 0. The van der Waals surface area contributed by atoms with Crippen molar-refractivity contribution in [2.45, 2.75) is 26.3 Å². The molecule has 4 aromatic rings. The van der Waals surface area contributed by atoms with Crippen LogP contribution in [0.2, 0.25) is 0 Å². The molecule has 1 atom stereocenters. The quantitative estimate of drug-likeness (QED) is 0.489. The highest BCUT2D eigenvalue weighted by molar-refractivity contribution is 6.16. The van der Waals surface area contributed by atoms with Gasteiger partial charge in [-0.25, -0.2) is 9.50 Å². The van der Waals surface area contributed by atoms with Crippen LogP contribution in [0.3, 0.4) is 0 Å². The minimum absolute atomic E-state index is 0.0260. The molecule has 0 saturated carbocycles. The first-order chi connectivity index (χ1) is 15.5. The Bertz CT molecular complexity index is 1330. The summed E-state index contributed by atoms with van der Waals surface area (Å²) in [5.41, 5.74) is 6.14. The molecular weight excluding hydrogens is 400 g/mol. The van der Waals surface area contributed by atoms with Gasteiger partial charge in [-0.3, -0.25) is 4.79 Å². The summed E-state index contributed by atoms with van der Waals surface area (Å²) in [4.78, 5) is 18.3. The molecule has 7 heteroatoms. The van der Waals surface area contributed by atoms with Gasteiger partial charge in [0.1, 0.15) is 5.82 Å². The van der Waals surface area contributed by atoms with Crippen LogP contribution in [0.5, 0.6) is 0 Å². The highest BCUT2D eigenvalue weighted by Gasteiger charge is 2.26. The Labute approximate surface area is 186 Å². The van der Waals surface area contributed by atoms with Crippen molar-refractivity contribution in [3.8, 4) is 11.3 Å². The van der Waals surface area contributed by atoms with E-state index in [1.807, 2.05) is 66.2 Å². The number of fused-ring (bicyclic) bond motifs is 1. The first-order valence-corrected chi connectivity index (χ1v) is 10.6. The van der Waals surface area contributed by atoms with E-state index in [1.165, 1.54) is 5.56 Å². The van der Waals surface area contributed by atoms with Crippen LogP contribution >= 0.6 is 0 Å². The second-order valence-corrected chi connectivity index (χ2v) is 8.17. The van der Waals surface area contributed by atoms with E-state index in [0.717, 1.165) is 34.0 Å². The van der Waals surface area contributed by atoms with Crippen molar-refractivity contribution in [3.63, 3.8) is 0 Å². The predicted octanol–water partition coefficient (Wildman–Crippen LogP) is 4.63. The molecule has 0 bridgehead atoms. The molecule has 2 aromatic carbocycles. The summed E-state index contributed by atoms with van der Waals surface area (Å²) < 4.78 is 1.85. The molecule has 2 aromatic heterocycles. The lowest BCUT2D eigenvalue weighted by Crippen LogP contribution is -2.24. The number of aryl methyl sites for hydroxylation is 1. The van der Waals surface area contributed by atoms with Gasteiger partial charge in [0.2, 0.25) is 5.91 Å². The number of nitrogens with one attached hydrogen (secondary N) is 2. The summed E-state index contributed by atoms with van der Waals surface area (Å²) in [6, 6.07) is 20.2. The normalized spacial score (nSPS) is 14.9. The van der Waals surface area contributed by atoms with Crippen molar-refractivity contribution in [3.05, 3.63) is 78.0 Å². The van der Waals surface area contributed by atoms with Crippen molar-refractivity contribution in [2.24, 2.45) is 0 Å². The maximum atomic E-state index is 12.2. The summed E-state index contributed by atoms with van der Waals surface area (Å²) in [6.07, 6.45) is 2.03. The van der Waals surface area contributed by atoms with Crippen LogP contribution in [0.1, 0.15) is 30.5 Å². The fourth-order valence-electron chi connectivity index (χ4n) is 4.13. The topological polar surface area (TPSA) is 86.4 Å². The lowest BCUT2D eigenvalue weighted by molar-refractivity contribution is -0.116. The zero-order valence-electron chi connectivity index (χ0n) is 18.0. The molecule has 0 unspecified atom stereocenters. The van der Waals surface area contributed by atoms with Gasteiger partial charge < -0.3 is 15.6 Å². The van der Waals surface area contributed by atoms with Crippen molar-refractivity contribution in [2.75, 3.05) is 16.8 Å². The van der Waals surface area contributed by atoms with Gasteiger partial charge in [-0.15, -0.1) is 5.10 Å².